The molecule has 112 valence electrons. The molecule has 3 rings (SSSR count). The molecule has 0 radical (unpaired) electrons. The number of piperazine rings is 1. The third kappa shape index (κ3) is 2.63. The molecule has 0 aromatic carbocycles. The lowest BCUT2D eigenvalue weighted by Crippen LogP contribution is -2.49. The Morgan fingerprint density at radius 1 is 1.33 bits per heavy atom. The van der Waals surface area contributed by atoms with Crippen LogP contribution in [0.2, 0.25) is 0 Å². The van der Waals surface area contributed by atoms with Crippen LogP contribution >= 0.6 is 0 Å². The molecule has 0 saturated carbocycles. The van der Waals surface area contributed by atoms with Gasteiger partial charge in [-0.15, -0.1) is 0 Å². The fourth-order valence-electron chi connectivity index (χ4n) is 2.59. The normalized spacial score (nSPS) is 15.5. The maximum atomic E-state index is 11.7. The molecule has 1 amide bonds. The number of aryl methyl sites for hydroxylation is 1. The van der Waals surface area contributed by atoms with Gasteiger partial charge in [-0.2, -0.15) is 5.10 Å². The topological polar surface area (TPSA) is 63.0 Å². The lowest BCUT2D eigenvalue weighted by Gasteiger charge is -2.34. The van der Waals surface area contributed by atoms with Gasteiger partial charge in [0.25, 0.3) is 0 Å². The molecule has 1 fully saturated rings. The molecule has 2 aromatic rings. The van der Waals surface area contributed by atoms with Crippen molar-refractivity contribution in [3.8, 4) is 0 Å². The summed E-state index contributed by atoms with van der Waals surface area (Å²) in [5.74, 6) is 0.918. The fraction of sp³-hybridized carbons (Fsp3) is 0.500. The van der Waals surface area contributed by atoms with Crippen LogP contribution in [0.15, 0.2) is 18.5 Å². The van der Waals surface area contributed by atoms with Gasteiger partial charge >= 0.3 is 6.09 Å². The van der Waals surface area contributed by atoms with Crippen LogP contribution < -0.4 is 4.90 Å². The van der Waals surface area contributed by atoms with E-state index in [4.69, 9.17) is 4.74 Å². The van der Waals surface area contributed by atoms with Crippen molar-refractivity contribution in [1.82, 2.24) is 19.5 Å². The second kappa shape index (κ2) is 5.59. The number of hydrogen-bond donors (Lipinski definition) is 0. The molecule has 1 aliphatic rings. The van der Waals surface area contributed by atoms with E-state index in [0.29, 0.717) is 19.7 Å². The van der Waals surface area contributed by atoms with Gasteiger partial charge in [0.15, 0.2) is 5.82 Å². The van der Waals surface area contributed by atoms with E-state index in [2.05, 4.69) is 15.0 Å². The maximum Gasteiger partial charge on any atom is 0.409 e. The number of aromatic nitrogens is 3. The summed E-state index contributed by atoms with van der Waals surface area (Å²) in [5.41, 5.74) is 1.97. The van der Waals surface area contributed by atoms with E-state index in [-0.39, 0.29) is 6.09 Å². The van der Waals surface area contributed by atoms with Gasteiger partial charge in [-0.3, -0.25) is 0 Å². The Kier molecular flexibility index (Phi) is 3.64. The number of amides is 1. The molecule has 2 aromatic heterocycles. The second-order valence-corrected chi connectivity index (χ2v) is 5.04. The zero-order valence-electron chi connectivity index (χ0n) is 12.3. The van der Waals surface area contributed by atoms with Crippen LogP contribution in [0.4, 0.5) is 10.6 Å². The summed E-state index contributed by atoms with van der Waals surface area (Å²) < 4.78 is 6.88. The van der Waals surface area contributed by atoms with Crippen LogP contribution in [-0.4, -0.2) is 58.4 Å². The first-order valence-electron chi connectivity index (χ1n) is 7.16. The average molecular weight is 289 g/mol. The number of nitrogens with zero attached hydrogens (tertiary/aromatic N) is 5. The first-order chi connectivity index (χ1) is 10.2. The Morgan fingerprint density at radius 3 is 2.81 bits per heavy atom. The van der Waals surface area contributed by atoms with E-state index < -0.39 is 0 Å². The quantitative estimate of drug-likeness (QED) is 0.834. The SMILES string of the molecule is CCOC(=O)N1CCN(c2nccn3nc(C)cc23)CC1. The van der Waals surface area contributed by atoms with Crippen LogP contribution in [0, 0.1) is 6.92 Å². The highest BCUT2D eigenvalue weighted by molar-refractivity contribution is 5.71. The van der Waals surface area contributed by atoms with Crippen LogP contribution in [0.1, 0.15) is 12.6 Å². The van der Waals surface area contributed by atoms with E-state index in [0.717, 1.165) is 30.1 Å². The first-order valence-corrected chi connectivity index (χ1v) is 7.16. The fourth-order valence-corrected chi connectivity index (χ4v) is 2.59. The minimum Gasteiger partial charge on any atom is -0.450 e. The van der Waals surface area contributed by atoms with E-state index >= 15 is 0 Å². The molecule has 7 heteroatoms. The summed E-state index contributed by atoms with van der Waals surface area (Å²) in [6.45, 7) is 6.99. The highest BCUT2D eigenvalue weighted by Crippen LogP contribution is 2.21. The number of rotatable bonds is 2. The third-order valence-corrected chi connectivity index (χ3v) is 3.60. The van der Waals surface area contributed by atoms with E-state index in [9.17, 15) is 4.79 Å². The number of ether oxygens (including phenoxy) is 1. The number of hydrogen-bond acceptors (Lipinski definition) is 5. The molecule has 21 heavy (non-hydrogen) atoms. The van der Waals surface area contributed by atoms with E-state index in [1.165, 1.54) is 0 Å². The van der Waals surface area contributed by atoms with Gasteiger partial charge in [-0.05, 0) is 19.9 Å². The van der Waals surface area contributed by atoms with Gasteiger partial charge < -0.3 is 14.5 Å². The highest BCUT2D eigenvalue weighted by Gasteiger charge is 2.24. The van der Waals surface area contributed by atoms with Crippen molar-refractivity contribution in [2.45, 2.75) is 13.8 Å². The van der Waals surface area contributed by atoms with Crippen LogP contribution in [-0.2, 0) is 4.74 Å². The van der Waals surface area contributed by atoms with Crippen LogP contribution in [0.5, 0.6) is 0 Å². The van der Waals surface area contributed by atoms with Crippen LogP contribution in [0.3, 0.4) is 0 Å². The number of carbonyl (C=O) groups excluding carboxylic acids is 1. The number of fused-ring (bicyclic) bond motifs is 1. The van der Waals surface area contributed by atoms with Crippen molar-refractivity contribution in [1.29, 1.82) is 0 Å². The maximum absolute atomic E-state index is 11.7. The zero-order valence-corrected chi connectivity index (χ0v) is 12.3. The predicted molar refractivity (Wildman–Crippen MR) is 78.5 cm³/mol. The van der Waals surface area contributed by atoms with Gasteiger partial charge in [0.05, 0.1) is 12.3 Å². The lowest BCUT2D eigenvalue weighted by atomic mass is 10.3. The highest BCUT2D eigenvalue weighted by atomic mass is 16.6. The molecule has 0 N–H and O–H groups in total. The molecule has 0 spiro atoms. The molecule has 0 atom stereocenters. The summed E-state index contributed by atoms with van der Waals surface area (Å²) in [5, 5.41) is 4.40. The van der Waals surface area contributed by atoms with Crippen molar-refractivity contribution in [3.63, 3.8) is 0 Å². The van der Waals surface area contributed by atoms with Crippen molar-refractivity contribution < 1.29 is 9.53 Å². The zero-order chi connectivity index (χ0) is 14.8. The molecule has 0 bridgehead atoms. The summed E-state index contributed by atoms with van der Waals surface area (Å²) in [6, 6.07) is 2.03. The second-order valence-electron chi connectivity index (χ2n) is 5.04. The molecule has 1 aliphatic heterocycles. The first kappa shape index (κ1) is 13.7. The number of carbonyl (C=O) groups is 1. The Bertz CT molecular complexity index is 646. The summed E-state index contributed by atoms with van der Waals surface area (Å²) in [6.07, 6.45) is 3.37. The van der Waals surface area contributed by atoms with Gasteiger partial charge in [-0.1, -0.05) is 0 Å². The van der Waals surface area contributed by atoms with Crippen molar-refractivity contribution in [2.24, 2.45) is 0 Å². The number of anilines is 1. The molecule has 0 unspecified atom stereocenters. The van der Waals surface area contributed by atoms with Crippen LogP contribution in [0.25, 0.3) is 5.52 Å². The molecule has 3 heterocycles. The van der Waals surface area contributed by atoms with Gasteiger partial charge in [0.1, 0.15) is 5.52 Å². The smallest absolute Gasteiger partial charge is 0.409 e. The molecule has 0 aliphatic carbocycles. The van der Waals surface area contributed by atoms with Gasteiger partial charge in [0.2, 0.25) is 0 Å². The van der Waals surface area contributed by atoms with Gasteiger partial charge in [0, 0.05) is 38.6 Å². The molecular formula is C14H19N5O2. The largest absolute Gasteiger partial charge is 0.450 e. The minimum atomic E-state index is -0.233. The Hall–Kier alpha value is -2.31. The molecule has 7 nitrogen and oxygen atoms in total. The minimum absolute atomic E-state index is 0.233. The standard InChI is InChI=1S/C14H19N5O2/c1-3-21-14(20)18-8-6-17(7-9-18)13-12-10-11(2)16-19(12)5-4-15-13/h4-5,10H,3,6-9H2,1-2H3. The summed E-state index contributed by atoms with van der Waals surface area (Å²) in [7, 11) is 0. The predicted octanol–water partition coefficient (Wildman–Crippen LogP) is 1.32. The molecule has 1 saturated heterocycles. The Labute approximate surface area is 123 Å². The Morgan fingerprint density at radius 2 is 2.10 bits per heavy atom. The summed E-state index contributed by atoms with van der Waals surface area (Å²) in [4.78, 5) is 20.1. The van der Waals surface area contributed by atoms with E-state index in [1.807, 2.05) is 30.6 Å². The molecular weight excluding hydrogens is 270 g/mol. The van der Waals surface area contributed by atoms with E-state index in [1.54, 1.807) is 11.1 Å². The third-order valence-electron chi connectivity index (χ3n) is 3.60. The monoisotopic (exact) mass is 289 g/mol. The summed E-state index contributed by atoms with van der Waals surface area (Å²) >= 11 is 0. The average Bonchev–Trinajstić information content (AvgIpc) is 2.87. The lowest BCUT2D eigenvalue weighted by molar-refractivity contribution is 0.105. The van der Waals surface area contributed by atoms with Crippen molar-refractivity contribution >= 4 is 17.4 Å². The Balaban J connectivity index is 1.75. The van der Waals surface area contributed by atoms with Crippen molar-refractivity contribution in [2.75, 3.05) is 37.7 Å². The van der Waals surface area contributed by atoms with Crippen molar-refractivity contribution in [3.05, 3.63) is 24.2 Å². The van der Waals surface area contributed by atoms with Gasteiger partial charge in [-0.25, -0.2) is 14.3 Å².